The Kier molecular flexibility index (Phi) is 3.55. The van der Waals surface area contributed by atoms with E-state index in [0.717, 1.165) is 13.6 Å². The Morgan fingerprint density at radius 3 is 2.67 bits per heavy atom. The predicted octanol–water partition coefficient (Wildman–Crippen LogP) is 3.74. The van der Waals surface area contributed by atoms with Crippen molar-refractivity contribution in [2.24, 2.45) is 0 Å². The van der Waals surface area contributed by atoms with Gasteiger partial charge in [-0.1, -0.05) is 15.9 Å². The third kappa shape index (κ3) is 2.20. The molecule has 0 fully saturated rings. The summed E-state index contributed by atoms with van der Waals surface area (Å²) in [5.74, 6) is 0. The molecule has 0 N–H and O–H groups in total. The van der Waals surface area contributed by atoms with Crippen LogP contribution in [0.4, 0.5) is 0 Å². The summed E-state index contributed by atoms with van der Waals surface area (Å²) in [6, 6.07) is 3.66. The normalized spacial score (nSPS) is 10.0. The van der Waals surface area contributed by atoms with Crippen molar-refractivity contribution in [2.75, 3.05) is 0 Å². The zero-order valence-corrected chi connectivity index (χ0v) is 10.7. The van der Waals surface area contributed by atoms with Crippen LogP contribution in [0.1, 0.15) is 15.9 Å². The maximum atomic E-state index is 10.9. The Bertz CT molecular complexity index is 338. The Hall–Kier alpha value is 0.390. The van der Waals surface area contributed by atoms with E-state index in [-0.39, 0.29) is 0 Å². The molecule has 0 aromatic heterocycles. The summed E-state index contributed by atoms with van der Waals surface area (Å²) >= 11 is 10.8. The van der Waals surface area contributed by atoms with Crippen LogP contribution in [-0.2, 0) is 0 Å². The summed E-state index contributed by atoms with van der Waals surface area (Å²) in [6.07, 6.45) is 0. The van der Waals surface area contributed by atoms with E-state index in [0.29, 0.717) is 5.56 Å². The van der Waals surface area contributed by atoms with E-state index in [1.165, 1.54) is 0 Å². The summed E-state index contributed by atoms with van der Waals surface area (Å²) in [6.45, 7) is 1.92. The van der Waals surface area contributed by atoms with Gasteiger partial charge in [0.25, 0.3) is 5.24 Å². The summed E-state index contributed by atoms with van der Waals surface area (Å²) in [5.41, 5.74) is 1.58. The van der Waals surface area contributed by atoms with Gasteiger partial charge in [-0.05, 0) is 58.8 Å². The van der Waals surface area contributed by atoms with Gasteiger partial charge in [0.2, 0.25) is 0 Å². The van der Waals surface area contributed by atoms with Crippen LogP contribution in [0.5, 0.6) is 0 Å². The largest absolute Gasteiger partial charge is 0.276 e. The van der Waals surface area contributed by atoms with Gasteiger partial charge in [0.15, 0.2) is 0 Å². The fraction of sp³-hybridized carbons (Fsp3) is 0.125. The molecule has 0 radical (unpaired) electrons. The van der Waals surface area contributed by atoms with Crippen LogP contribution in [0.15, 0.2) is 16.6 Å². The first-order chi connectivity index (χ1) is 5.52. The van der Waals surface area contributed by atoms with Crippen LogP contribution in [-0.4, -0.2) is 5.24 Å². The lowest BCUT2D eigenvalue weighted by Gasteiger charge is -2.02. The van der Waals surface area contributed by atoms with Gasteiger partial charge in [-0.15, -0.1) is 0 Å². The number of benzene rings is 1. The Morgan fingerprint density at radius 1 is 1.58 bits per heavy atom. The van der Waals surface area contributed by atoms with Crippen molar-refractivity contribution in [3.63, 3.8) is 0 Å². The van der Waals surface area contributed by atoms with Crippen molar-refractivity contribution in [1.82, 2.24) is 0 Å². The number of carbonyl (C=O) groups excluding carboxylic acids is 1. The van der Waals surface area contributed by atoms with Crippen LogP contribution in [0.25, 0.3) is 0 Å². The summed E-state index contributed by atoms with van der Waals surface area (Å²) in [5, 5.41) is -0.407. The van der Waals surface area contributed by atoms with Crippen molar-refractivity contribution in [3.05, 3.63) is 31.3 Å². The molecule has 0 aliphatic carbocycles. The van der Waals surface area contributed by atoms with Crippen LogP contribution >= 0.6 is 50.1 Å². The van der Waals surface area contributed by atoms with E-state index in [9.17, 15) is 4.79 Å². The van der Waals surface area contributed by atoms with E-state index in [2.05, 4.69) is 38.5 Å². The first kappa shape index (κ1) is 10.5. The number of aryl methyl sites for hydroxylation is 1. The average molecular weight is 359 g/mol. The summed E-state index contributed by atoms with van der Waals surface area (Å²) in [4.78, 5) is 10.9. The van der Waals surface area contributed by atoms with Gasteiger partial charge in [0.05, 0.1) is 0 Å². The topological polar surface area (TPSA) is 17.1 Å². The molecule has 0 unspecified atom stereocenters. The maximum Gasteiger partial charge on any atom is 0.253 e. The van der Waals surface area contributed by atoms with Gasteiger partial charge in [-0.25, -0.2) is 0 Å². The number of hydrogen-bond donors (Lipinski definition) is 0. The van der Waals surface area contributed by atoms with E-state index in [4.69, 9.17) is 11.6 Å². The molecule has 0 saturated carbocycles. The van der Waals surface area contributed by atoms with Gasteiger partial charge in [0.1, 0.15) is 0 Å². The minimum Gasteiger partial charge on any atom is -0.276 e. The molecule has 0 atom stereocenters. The molecule has 1 aromatic carbocycles. The minimum absolute atomic E-state index is 0.407. The maximum absolute atomic E-state index is 10.9. The molecule has 12 heavy (non-hydrogen) atoms. The quantitative estimate of drug-likeness (QED) is 0.551. The molecule has 1 aromatic rings. The lowest BCUT2D eigenvalue weighted by Crippen LogP contribution is -1.94. The molecule has 1 rings (SSSR count). The monoisotopic (exact) mass is 358 g/mol. The van der Waals surface area contributed by atoms with Gasteiger partial charge >= 0.3 is 0 Å². The molecule has 0 spiro atoms. The Balaban J connectivity index is 3.33. The lowest BCUT2D eigenvalue weighted by molar-refractivity contribution is 0.108. The first-order valence-electron chi connectivity index (χ1n) is 3.18. The molecule has 4 heteroatoms. The van der Waals surface area contributed by atoms with E-state index >= 15 is 0 Å². The molecule has 0 saturated heterocycles. The van der Waals surface area contributed by atoms with Crippen molar-refractivity contribution < 1.29 is 4.79 Å². The van der Waals surface area contributed by atoms with Crippen molar-refractivity contribution in [1.29, 1.82) is 0 Å². The highest BCUT2D eigenvalue weighted by atomic mass is 127. The lowest BCUT2D eigenvalue weighted by atomic mass is 10.2. The van der Waals surface area contributed by atoms with Crippen LogP contribution in [0.2, 0.25) is 0 Å². The zero-order chi connectivity index (χ0) is 9.30. The number of carbonyl (C=O) groups is 1. The van der Waals surface area contributed by atoms with Crippen molar-refractivity contribution in [3.8, 4) is 0 Å². The Labute approximate surface area is 97.8 Å². The molecule has 0 amide bonds. The van der Waals surface area contributed by atoms with Crippen LogP contribution in [0, 0.1) is 10.5 Å². The molecule has 1 nitrogen and oxygen atoms in total. The Morgan fingerprint density at radius 2 is 2.17 bits per heavy atom. The van der Waals surface area contributed by atoms with Gasteiger partial charge in [-0.3, -0.25) is 4.79 Å². The van der Waals surface area contributed by atoms with E-state index in [1.54, 1.807) is 6.07 Å². The first-order valence-corrected chi connectivity index (χ1v) is 5.43. The second-order valence-electron chi connectivity index (χ2n) is 2.35. The highest BCUT2D eigenvalue weighted by Gasteiger charge is 2.08. The fourth-order valence-electron chi connectivity index (χ4n) is 0.808. The molecule has 0 heterocycles. The molecular formula is C8H5BrClIO. The predicted molar refractivity (Wildman–Crippen MR) is 61.8 cm³/mol. The van der Waals surface area contributed by atoms with Gasteiger partial charge in [0, 0.05) is 13.6 Å². The second kappa shape index (κ2) is 4.07. The van der Waals surface area contributed by atoms with Crippen LogP contribution in [0.3, 0.4) is 0 Å². The molecule has 64 valence electrons. The van der Waals surface area contributed by atoms with E-state index < -0.39 is 5.24 Å². The standard InChI is InChI=1S/C8H5BrClIO/c1-4-2-5(8(10)12)7(11)3-6(4)9/h2-3H,1H3. The molecule has 0 bridgehead atoms. The van der Waals surface area contributed by atoms with Gasteiger partial charge < -0.3 is 0 Å². The highest BCUT2D eigenvalue weighted by molar-refractivity contribution is 14.1. The van der Waals surface area contributed by atoms with Crippen molar-refractivity contribution >= 4 is 55.4 Å². The van der Waals surface area contributed by atoms with E-state index in [1.807, 2.05) is 13.0 Å². The third-order valence-corrected chi connectivity index (χ3v) is 3.41. The van der Waals surface area contributed by atoms with Crippen LogP contribution < -0.4 is 0 Å². The summed E-state index contributed by atoms with van der Waals surface area (Å²) in [7, 11) is 0. The average Bonchev–Trinajstić information content (AvgIpc) is 1.96. The smallest absolute Gasteiger partial charge is 0.253 e. The summed E-state index contributed by atoms with van der Waals surface area (Å²) < 4.78 is 1.86. The molecule has 0 aliphatic heterocycles. The number of hydrogen-bond acceptors (Lipinski definition) is 1. The minimum atomic E-state index is -0.407. The SMILES string of the molecule is Cc1cc(C(=O)Cl)c(I)cc1Br. The number of halogens is 3. The van der Waals surface area contributed by atoms with Gasteiger partial charge in [-0.2, -0.15) is 0 Å². The number of rotatable bonds is 1. The fourth-order valence-corrected chi connectivity index (χ4v) is 2.61. The molecule has 0 aliphatic rings. The second-order valence-corrected chi connectivity index (χ2v) is 4.71. The molecular weight excluding hydrogens is 354 g/mol. The highest BCUT2D eigenvalue weighted by Crippen LogP contribution is 2.23. The van der Waals surface area contributed by atoms with Crippen molar-refractivity contribution in [2.45, 2.75) is 6.92 Å². The third-order valence-electron chi connectivity index (χ3n) is 1.46. The zero-order valence-electron chi connectivity index (χ0n) is 6.20.